The number of hydrogen-bond acceptors (Lipinski definition) is 2. The van der Waals surface area contributed by atoms with Crippen LogP contribution in [0, 0.1) is 0 Å². The molecular weight excluding hydrogens is 192 g/mol. The maximum atomic E-state index is 11.1. The van der Waals surface area contributed by atoms with Crippen molar-refractivity contribution in [3.05, 3.63) is 12.2 Å². The van der Waals surface area contributed by atoms with Gasteiger partial charge < -0.3 is 5.11 Å². The van der Waals surface area contributed by atoms with Crippen LogP contribution in [-0.4, -0.2) is 16.9 Å². The predicted molar refractivity (Wildman–Crippen MR) is 59.8 cm³/mol. The Hall–Kier alpha value is -1.12. The van der Waals surface area contributed by atoms with Gasteiger partial charge in [-0.3, -0.25) is 4.79 Å². The lowest BCUT2D eigenvalue weighted by Gasteiger charge is -1.98. The second kappa shape index (κ2) is 9.44. The van der Waals surface area contributed by atoms with Crippen molar-refractivity contribution in [3.63, 3.8) is 0 Å². The zero-order valence-corrected chi connectivity index (χ0v) is 9.37. The number of allylic oxidation sites excluding steroid dienone is 1. The smallest absolute Gasteiger partial charge is 0.328 e. The molecule has 0 unspecified atom stereocenters. The Labute approximate surface area is 91.2 Å². The number of hydrogen-bond donors (Lipinski definition) is 1. The van der Waals surface area contributed by atoms with Crippen molar-refractivity contribution in [1.29, 1.82) is 0 Å². The number of carbonyl (C=O) groups excluding carboxylic acids is 1. The van der Waals surface area contributed by atoms with E-state index >= 15 is 0 Å². The van der Waals surface area contributed by atoms with Gasteiger partial charge in [0.1, 0.15) is 0 Å². The Morgan fingerprint density at radius 1 is 1.00 bits per heavy atom. The van der Waals surface area contributed by atoms with E-state index in [0.717, 1.165) is 25.0 Å². The largest absolute Gasteiger partial charge is 0.478 e. The number of aliphatic carboxylic acids is 1. The van der Waals surface area contributed by atoms with Gasteiger partial charge in [0.25, 0.3) is 0 Å². The summed E-state index contributed by atoms with van der Waals surface area (Å²) in [6, 6.07) is 0. The number of ketones is 1. The molecule has 1 N–H and O–H groups in total. The number of rotatable bonds is 9. The summed E-state index contributed by atoms with van der Waals surface area (Å²) >= 11 is 0. The van der Waals surface area contributed by atoms with Crippen LogP contribution in [0.1, 0.15) is 51.9 Å². The maximum absolute atomic E-state index is 11.1. The highest BCUT2D eigenvalue weighted by Crippen LogP contribution is 2.07. The van der Waals surface area contributed by atoms with E-state index in [-0.39, 0.29) is 5.78 Å². The molecule has 3 nitrogen and oxygen atoms in total. The molecule has 0 aromatic rings. The van der Waals surface area contributed by atoms with Gasteiger partial charge in [-0.1, -0.05) is 39.0 Å². The monoisotopic (exact) mass is 212 g/mol. The van der Waals surface area contributed by atoms with Crippen LogP contribution < -0.4 is 0 Å². The minimum atomic E-state index is -1.06. The summed E-state index contributed by atoms with van der Waals surface area (Å²) in [5.74, 6) is -1.15. The molecule has 0 spiro atoms. The fraction of sp³-hybridized carbons (Fsp3) is 0.667. The Morgan fingerprint density at radius 3 is 2.20 bits per heavy atom. The fourth-order valence-electron chi connectivity index (χ4n) is 1.33. The minimum absolute atomic E-state index is 0.0899. The second-order valence-corrected chi connectivity index (χ2v) is 3.66. The van der Waals surface area contributed by atoms with Gasteiger partial charge in [0, 0.05) is 12.5 Å². The lowest BCUT2D eigenvalue weighted by Crippen LogP contribution is -1.95. The molecule has 0 aliphatic rings. The van der Waals surface area contributed by atoms with Crippen LogP contribution >= 0.6 is 0 Å². The van der Waals surface area contributed by atoms with Crippen LogP contribution in [0.3, 0.4) is 0 Å². The third-order valence-electron chi connectivity index (χ3n) is 2.19. The van der Waals surface area contributed by atoms with Gasteiger partial charge in [0.15, 0.2) is 5.78 Å². The molecule has 0 aliphatic carbocycles. The van der Waals surface area contributed by atoms with Crippen LogP contribution in [-0.2, 0) is 9.59 Å². The molecule has 0 bridgehead atoms. The van der Waals surface area contributed by atoms with Crippen molar-refractivity contribution in [2.75, 3.05) is 0 Å². The molecule has 0 amide bonds. The molecule has 15 heavy (non-hydrogen) atoms. The first-order valence-electron chi connectivity index (χ1n) is 5.60. The lowest BCUT2D eigenvalue weighted by atomic mass is 10.1. The molecule has 0 radical (unpaired) electrons. The van der Waals surface area contributed by atoms with E-state index in [1.165, 1.54) is 25.7 Å². The number of carboxylic acids is 1. The molecule has 0 heterocycles. The summed E-state index contributed by atoms with van der Waals surface area (Å²) in [5, 5.41) is 8.29. The second-order valence-electron chi connectivity index (χ2n) is 3.66. The number of unbranched alkanes of at least 4 members (excludes halogenated alkanes) is 5. The minimum Gasteiger partial charge on any atom is -0.478 e. The molecule has 0 aliphatic heterocycles. The van der Waals surface area contributed by atoms with E-state index in [1.807, 2.05) is 0 Å². The lowest BCUT2D eigenvalue weighted by molar-refractivity contribution is -0.131. The van der Waals surface area contributed by atoms with Crippen molar-refractivity contribution in [1.82, 2.24) is 0 Å². The summed E-state index contributed by atoms with van der Waals surface area (Å²) in [5.41, 5.74) is 0. The Bertz CT molecular complexity index is 219. The Balaban J connectivity index is 3.35. The normalized spacial score (nSPS) is 10.7. The van der Waals surface area contributed by atoms with E-state index in [1.54, 1.807) is 0 Å². The topological polar surface area (TPSA) is 54.4 Å². The molecule has 0 saturated carbocycles. The van der Waals surface area contributed by atoms with Crippen molar-refractivity contribution in [3.8, 4) is 0 Å². The van der Waals surface area contributed by atoms with Gasteiger partial charge in [-0.25, -0.2) is 4.79 Å². The summed E-state index contributed by atoms with van der Waals surface area (Å²) < 4.78 is 0. The summed E-state index contributed by atoms with van der Waals surface area (Å²) in [4.78, 5) is 21.2. The highest BCUT2D eigenvalue weighted by molar-refractivity contribution is 5.95. The summed E-state index contributed by atoms with van der Waals surface area (Å²) in [6.45, 7) is 2.17. The molecule has 86 valence electrons. The fourth-order valence-corrected chi connectivity index (χ4v) is 1.33. The van der Waals surface area contributed by atoms with E-state index in [4.69, 9.17) is 5.11 Å². The van der Waals surface area contributed by atoms with Gasteiger partial charge in [0.2, 0.25) is 0 Å². The maximum Gasteiger partial charge on any atom is 0.328 e. The molecule has 0 atom stereocenters. The average Bonchev–Trinajstić information content (AvgIpc) is 2.20. The van der Waals surface area contributed by atoms with Crippen LogP contribution in [0.5, 0.6) is 0 Å². The van der Waals surface area contributed by atoms with Gasteiger partial charge in [-0.05, 0) is 12.5 Å². The molecule has 0 saturated heterocycles. The van der Waals surface area contributed by atoms with Gasteiger partial charge in [-0.2, -0.15) is 0 Å². The van der Waals surface area contributed by atoms with Crippen molar-refractivity contribution >= 4 is 11.8 Å². The number of carboxylic acid groups (broad SMARTS) is 1. The van der Waals surface area contributed by atoms with E-state index in [2.05, 4.69) is 6.92 Å². The summed E-state index contributed by atoms with van der Waals surface area (Å²) in [7, 11) is 0. The third-order valence-corrected chi connectivity index (χ3v) is 2.19. The molecule has 0 aromatic heterocycles. The van der Waals surface area contributed by atoms with Gasteiger partial charge >= 0.3 is 5.97 Å². The van der Waals surface area contributed by atoms with Crippen molar-refractivity contribution in [2.45, 2.75) is 51.9 Å². The van der Waals surface area contributed by atoms with Crippen LogP contribution in [0.15, 0.2) is 12.2 Å². The standard InChI is InChI=1S/C12H20O3/c1-2-3-4-5-6-7-8-11(13)9-10-12(14)15/h9-10H,2-8H2,1H3,(H,14,15). The molecule has 0 rings (SSSR count). The zero-order valence-electron chi connectivity index (χ0n) is 9.37. The molecular formula is C12H20O3. The van der Waals surface area contributed by atoms with Crippen molar-refractivity contribution in [2.24, 2.45) is 0 Å². The molecule has 0 aromatic carbocycles. The first-order chi connectivity index (χ1) is 7.16. The van der Waals surface area contributed by atoms with Crippen LogP contribution in [0.4, 0.5) is 0 Å². The Morgan fingerprint density at radius 2 is 1.60 bits per heavy atom. The first-order valence-corrected chi connectivity index (χ1v) is 5.60. The summed E-state index contributed by atoms with van der Waals surface area (Å²) in [6.07, 6.45) is 9.33. The van der Waals surface area contributed by atoms with E-state index in [9.17, 15) is 9.59 Å². The van der Waals surface area contributed by atoms with Crippen molar-refractivity contribution < 1.29 is 14.7 Å². The van der Waals surface area contributed by atoms with Crippen LogP contribution in [0.2, 0.25) is 0 Å². The molecule has 0 fully saturated rings. The van der Waals surface area contributed by atoms with Gasteiger partial charge in [0.05, 0.1) is 0 Å². The SMILES string of the molecule is CCCCCCCCC(=O)C=CC(=O)O. The van der Waals surface area contributed by atoms with Gasteiger partial charge in [-0.15, -0.1) is 0 Å². The third kappa shape index (κ3) is 10.8. The zero-order chi connectivity index (χ0) is 11.5. The first kappa shape index (κ1) is 13.9. The average molecular weight is 212 g/mol. The molecule has 3 heteroatoms. The highest BCUT2D eigenvalue weighted by atomic mass is 16.4. The predicted octanol–water partition coefficient (Wildman–Crippen LogP) is 2.95. The Kier molecular flexibility index (Phi) is 8.73. The highest BCUT2D eigenvalue weighted by Gasteiger charge is 1.97. The quantitative estimate of drug-likeness (QED) is 0.472. The van der Waals surface area contributed by atoms with E-state index in [0.29, 0.717) is 6.42 Å². The number of carbonyl (C=O) groups is 2. The van der Waals surface area contributed by atoms with E-state index < -0.39 is 5.97 Å². The van der Waals surface area contributed by atoms with Crippen LogP contribution in [0.25, 0.3) is 0 Å².